The number of benzene rings is 1. The number of pyridine rings is 1. The molecule has 0 saturated carbocycles. The zero-order chi connectivity index (χ0) is 11.7. The highest BCUT2D eigenvalue weighted by atomic mass is 19.1. The maximum absolute atomic E-state index is 12.8. The molecule has 1 aromatic carbocycles. The van der Waals surface area contributed by atoms with Gasteiger partial charge >= 0.3 is 0 Å². The Kier molecular flexibility index (Phi) is 2.37. The maximum atomic E-state index is 12.8. The molecule has 2 aromatic heterocycles. The van der Waals surface area contributed by atoms with E-state index in [9.17, 15) is 4.39 Å². The first-order valence-corrected chi connectivity index (χ1v) is 5.38. The third kappa shape index (κ3) is 1.91. The molecule has 0 fully saturated rings. The van der Waals surface area contributed by atoms with E-state index in [1.54, 1.807) is 18.3 Å². The Morgan fingerprint density at radius 2 is 2.00 bits per heavy atom. The van der Waals surface area contributed by atoms with Crippen LogP contribution in [0.3, 0.4) is 0 Å². The number of halogens is 1. The van der Waals surface area contributed by atoms with Gasteiger partial charge in [-0.25, -0.2) is 9.37 Å². The van der Waals surface area contributed by atoms with E-state index in [2.05, 4.69) is 11.1 Å². The summed E-state index contributed by atoms with van der Waals surface area (Å²) in [5.41, 5.74) is 1.98. The van der Waals surface area contributed by atoms with E-state index in [1.807, 2.05) is 22.9 Å². The molecule has 17 heavy (non-hydrogen) atoms. The Morgan fingerprint density at radius 1 is 1.18 bits per heavy atom. The van der Waals surface area contributed by atoms with Gasteiger partial charge in [0.1, 0.15) is 11.5 Å². The van der Waals surface area contributed by atoms with Gasteiger partial charge in [0.25, 0.3) is 0 Å². The van der Waals surface area contributed by atoms with Crippen LogP contribution in [0.15, 0.2) is 48.8 Å². The van der Waals surface area contributed by atoms with Gasteiger partial charge in [-0.3, -0.25) is 0 Å². The van der Waals surface area contributed by atoms with Gasteiger partial charge in [-0.05, 0) is 29.8 Å². The van der Waals surface area contributed by atoms with Crippen molar-refractivity contribution in [2.75, 3.05) is 0 Å². The molecule has 2 heterocycles. The predicted octanol–water partition coefficient (Wildman–Crippen LogP) is 3.02. The number of nitrogens with zero attached hydrogens (tertiary/aromatic N) is 2. The Labute approximate surface area is 98.3 Å². The molecule has 0 bridgehead atoms. The summed E-state index contributed by atoms with van der Waals surface area (Å²) in [5.74, 6) is -0.209. The zero-order valence-electron chi connectivity index (χ0n) is 9.10. The monoisotopic (exact) mass is 225 g/mol. The van der Waals surface area contributed by atoms with Crippen molar-refractivity contribution in [1.29, 1.82) is 0 Å². The lowest BCUT2D eigenvalue weighted by molar-refractivity contribution is 0.626. The Morgan fingerprint density at radius 3 is 2.82 bits per heavy atom. The van der Waals surface area contributed by atoms with Crippen LogP contribution in [-0.2, 0) is 6.54 Å². The Hall–Kier alpha value is -2.16. The summed E-state index contributed by atoms with van der Waals surface area (Å²) in [5, 5.41) is 1.06. The summed E-state index contributed by atoms with van der Waals surface area (Å²) in [6.45, 7) is 0.695. The van der Waals surface area contributed by atoms with Gasteiger partial charge in [0.2, 0.25) is 0 Å². The summed E-state index contributed by atoms with van der Waals surface area (Å²) in [4.78, 5) is 4.29. The van der Waals surface area contributed by atoms with Gasteiger partial charge in [-0.2, -0.15) is 0 Å². The molecule has 3 aromatic rings. The van der Waals surface area contributed by atoms with Crippen molar-refractivity contribution < 1.29 is 4.39 Å². The summed E-state index contributed by atoms with van der Waals surface area (Å²) in [6.07, 6.45) is 3.64. The third-order valence-electron chi connectivity index (χ3n) is 2.73. The average Bonchev–Trinajstić information content (AvgIpc) is 2.76. The molecule has 0 spiro atoms. The van der Waals surface area contributed by atoms with Crippen molar-refractivity contribution in [3.63, 3.8) is 0 Å². The molecular formula is C14H10FN2. The van der Waals surface area contributed by atoms with Crippen molar-refractivity contribution in [1.82, 2.24) is 9.55 Å². The molecule has 0 aliphatic heterocycles. The highest BCUT2D eigenvalue weighted by molar-refractivity contribution is 5.75. The summed E-state index contributed by atoms with van der Waals surface area (Å²) in [7, 11) is 0. The van der Waals surface area contributed by atoms with Crippen LogP contribution in [0.25, 0.3) is 11.0 Å². The molecule has 83 valence electrons. The van der Waals surface area contributed by atoms with Crippen LogP contribution in [0, 0.1) is 11.9 Å². The zero-order valence-corrected chi connectivity index (χ0v) is 9.10. The minimum absolute atomic E-state index is 0.209. The molecule has 0 N–H and O–H groups in total. The number of rotatable bonds is 2. The van der Waals surface area contributed by atoms with E-state index >= 15 is 0 Å². The molecule has 0 saturated heterocycles. The topological polar surface area (TPSA) is 17.8 Å². The molecule has 3 heteroatoms. The van der Waals surface area contributed by atoms with Crippen molar-refractivity contribution in [2.24, 2.45) is 0 Å². The largest absolute Gasteiger partial charge is 0.328 e. The number of hydrogen-bond acceptors (Lipinski definition) is 1. The summed E-state index contributed by atoms with van der Waals surface area (Å²) in [6, 6.07) is 13.4. The fraction of sp³-hybridized carbons (Fsp3) is 0.0714. The maximum Gasteiger partial charge on any atom is 0.140 e. The van der Waals surface area contributed by atoms with Crippen molar-refractivity contribution in [3.8, 4) is 0 Å². The average molecular weight is 225 g/mol. The molecule has 3 rings (SSSR count). The van der Waals surface area contributed by atoms with E-state index in [0.29, 0.717) is 6.54 Å². The van der Waals surface area contributed by atoms with Crippen LogP contribution in [-0.4, -0.2) is 9.55 Å². The Balaban J connectivity index is 1.97. The summed E-state index contributed by atoms with van der Waals surface area (Å²) < 4.78 is 14.8. The standard InChI is InChI=1S/C14H10FN2/c15-13-5-3-11(4-6-13)10-17-9-7-12-2-1-8-16-14(12)17/h2-9H,10H2. The quantitative estimate of drug-likeness (QED) is 0.655. The van der Waals surface area contributed by atoms with Crippen LogP contribution in [0.1, 0.15) is 5.56 Å². The molecule has 0 aliphatic carbocycles. The second kappa shape index (κ2) is 4.01. The van der Waals surface area contributed by atoms with Gasteiger partial charge in [0, 0.05) is 30.4 Å². The third-order valence-corrected chi connectivity index (χ3v) is 2.73. The molecular weight excluding hydrogens is 215 g/mol. The van der Waals surface area contributed by atoms with Crippen molar-refractivity contribution in [3.05, 3.63) is 66.2 Å². The van der Waals surface area contributed by atoms with E-state index in [0.717, 1.165) is 16.6 Å². The number of hydrogen-bond donors (Lipinski definition) is 0. The molecule has 2 nitrogen and oxygen atoms in total. The van der Waals surface area contributed by atoms with E-state index in [-0.39, 0.29) is 5.82 Å². The van der Waals surface area contributed by atoms with Crippen LogP contribution >= 0.6 is 0 Å². The molecule has 0 atom stereocenters. The minimum atomic E-state index is -0.209. The van der Waals surface area contributed by atoms with E-state index in [1.165, 1.54) is 12.1 Å². The van der Waals surface area contributed by atoms with Gasteiger partial charge < -0.3 is 4.57 Å². The fourth-order valence-corrected chi connectivity index (χ4v) is 1.88. The number of fused-ring (bicyclic) bond motifs is 1. The lowest BCUT2D eigenvalue weighted by Crippen LogP contribution is -1.98. The van der Waals surface area contributed by atoms with E-state index in [4.69, 9.17) is 0 Å². The second-order valence-corrected chi connectivity index (χ2v) is 3.92. The first-order valence-electron chi connectivity index (χ1n) is 5.38. The highest BCUT2D eigenvalue weighted by Gasteiger charge is 2.02. The second-order valence-electron chi connectivity index (χ2n) is 3.92. The van der Waals surface area contributed by atoms with E-state index < -0.39 is 0 Å². The van der Waals surface area contributed by atoms with Crippen LogP contribution in [0.2, 0.25) is 0 Å². The molecule has 0 aliphatic rings. The number of aromatic nitrogens is 2. The van der Waals surface area contributed by atoms with Crippen LogP contribution in [0.5, 0.6) is 0 Å². The lowest BCUT2D eigenvalue weighted by Gasteiger charge is -2.04. The van der Waals surface area contributed by atoms with Crippen molar-refractivity contribution in [2.45, 2.75) is 6.54 Å². The summed E-state index contributed by atoms with van der Waals surface area (Å²) >= 11 is 0. The van der Waals surface area contributed by atoms with Gasteiger partial charge in [-0.1, -0.05) is 12.1 Å². The van der Waals surface area contributed by atoms with Gasteiger partial charge in [0.15, 0.2) is 0 Å². The minimum Gasteiger partial charge on any atom is -0.328 e. The van der Waals surface area contributed by atoms with Gasteiger partial charge in [0.05, 0.1) is 0 Å². The Bertz CT molecular complexity index is 641. The van der Waals surface area contributed by atoms with Crippen LogP contribution in [0.4, 0.5) is 4.39 Å². The molecule has 0 unspecified atom stereocenters. The predicted molar refractivity (Wildman–Crippen MR) is 64.1 cm³/mol. The molecule has 1 radical (unpaired) electrons. The van der Waals surface area contributed by atoms with Crippen molar-refractivity contribution >= 4 is 11.0 Å². The SMILES string of the molecule is Fc1ccc(Cn2ccc3c[c]cnc32)cc1. The molecule has 0 amide bonds. The first kappa shape index (κ1) is 10.0. The highest BCUT2D eigenvalue weighted by Crippen LogP contribution is 2.14. The lowest BCUT2D eigenvalue weighted by atomic mass is 10.2. The fourth-order valence-electron chi connectivity index (χ4n) is 1.88. The van der Waals surface area contributed by atoms with Gasteiger partial charge in [-0.15, -0.1) is 0 Å². The normalized spacial score (nSPS) is 10.9. The smallest absolute Gasteiger partial charge is 0.140 e. The first-order chi connectivity index (χ1) is 8.33. The van der Waals surface area contributed by atoms with Crippen LogP contribution < -0.4 is 0 Å².